The van der Waals surface area contributed by atoms with Crippen LogP contribution in [0.1, 0.15) is 38.0 Å². The van der Waals surface area contributed by atoms with Crippen LogP contribution in [0.2, 0.25) is 0 Å². The Bertz CT molecular complexity index is 383. The second kappa shape index (κ2) is 6.32. The van der Waals surface area contributed by atoms with Crippen molar-refractivity contribution in [2.45, 2.75) is 33.1 Å². The van der Waals surface area contributed by atoms with Crippen LogP contribution in [-0.4, -0.2) is 34.9 Å². The monoisotopic (exact) mass is 254 g/mol. The molecule has 2 rings (SSSR count). The number of pyridine rings is 1. The Morgan fingerprint density at radius 3 is 2.65 bits per heavy atom. The number of hydrogen-bond donors (Lipinski definition) is 0. The summed E-state index contributed by atoms with van der Waals surface area (Å²) in [5.41, 5.74) is 1.80. The van der Waals surface area contributed by atoms with Crippen molar-refractivity contribution < 1.29 is 8.78 Å². The summed E-state index contributed by atoms with van der Waals surface area (Å²) in [5, 5.41) is 0. The highest BCUT2D eigenvalue weighted by Gasteiger charge is 2.19. The summed E-state index contributed by atoms with van der Waals surface area (Å²) in [6.45, 7) is 4.91. The van der Waals surface area contributed by atoms with E-state index in [0.29, 0.717) is 4.56 Å². The molecule has 0 saturated carbocycles. The minimum absolute atomic E-state index is 0.0208. The van der Waals surface area contributed by atoms with Gasteiger partial charge in [-0.15, -0.1) is 0 Å². The fraction of sp³-hybridized carbons (Fsp3) is 0.583. The lowest BCUT2D eigenvalue weighted by molar-refractivity contribution is 0.152. The van der Waals surface area contributed by atoms with Crippen LogP contribution in [0.5, 0.6) is 0 Å². The largest absolute Gasteiger partial charge is 0.373 e. The van der Waals surface area contributed by atoms with Gasteiger partial charge in [-0.25, -0.2) is 8.78 Å². The van der Waals surface area contributed by atoms with E-state index in [9.17, 15) is 8.78 Å². The first-order chi connectivity index (χ1) is 8.09. The smallest absolute Gasteiger partial charge is 0.264 e. The van der Waals surface area contributed by atoms with Gasteiger partial charge in [0, 0.05) is 19.2 Å². The van der Waals surface area contributed by atoms with Gasteiger partial charge in [0.25, 0.3) is 6.43 Å². The highest BCUT2D eigenvalue weighted by Crippen LogP contribution is 2.27. The Morgan fingerprint density at radius 1 is 1.41 bits per heavy atom. The average molecular weight is 254 g/mol. The first-order valence-electron chi connectivity index (χ1n) is 5.88. The van der Waals surface area contributed by atoms with Gasteiger partial charge in [0.15, 0.2) is 0 Å². The minimum Gasteiger partial charge on any atom is -0.373 e. The molecule has 0 bridgehead atoms. The molecule has 17 heavy (non-hydrogen) atoms. The molecule has 0 atom stereocenters. The topological polar surface area (TPSA) is 16.1 Å². The van der Waals surface area contributed by atoms with Crippen molar-refractivity contribution in [1.29, 1.82) is 0 Å². The molecule has 2 heterocycles. The lowest BCUT2D eigenvalue weighted by Gasteiger charge is -2.28. The molecular weight excluding hydrogens is 237 g/mol. The molecule has 1 aliphatic rings. The Hall–Kier alpha value is -0.658. The van der Waals surface area contributed by atoms with Gasteiger partial charge in [-0.2, -0.15) is 0 Å². The van der Waals surface area contributed by atoms with E-state index in [-0.39, 0.29) is 5.56 Å². The SMILES string of the molecule is CC.CN1CCCc2n[c]([Al])c(C(F)F)cc21. The maximum Gasteiger partial charge on any atom is 0.264 e. The van der Waals surface area contributed by atoms with Gasteiger partial charge >= 0.3 is 0 Å². The summed E-state index contributed by atoms with van der Waals surface area (Å²) in [7, 11) is 1.91. The summed E-state index contributed by atoms with van der Waals surface area (Å²) in [6, 6.07) is 1.56. The van der Waals surface area contributed by atoms with Crippen molar-refractivity contribution in [2.75, 3.05) is 18.5 Å². The van der Waals surface area contributed by atoms with Gasteiger partial charge in [0.1, 0.15) is 0 Å². The zero-order valence-corrected chi connectivity index (χ0v) is 11.7. The number of aryl methyl sites for hydroxylation is 1. The highest BCUT2D eigenvalue weighted by molar-refractivity contribution is 6.31. The van der Waals surface area contributed by atoms with E-state index in [1.54, 1.807) is 6.07 Å². The Balaban J connectivity index is 0.000000686. The molecule has 0 spiro atoms. The van der Waals surface area contributed by atoms with Crippen molar-refractivity contribution in [3.8, 4) is 0 Å². The van der Waals surface area contributed by atoms with Gasteiger partial charge in [0.2, 0.25) is 16.3 Å². The van der Waals surface area contributed by atoms with E-state index in [0.717, 1.165) is 30.8 Å². The molecule has 0 saturated heterocycles. The fourth-order valence-corrected chi connectivity index (χ4v) is 2.23. The number of nitrogens with zero attached hydrogens (tertiary/aromatic N) is 2. The standard InChI is InChI=1S/C10H11F2N2.C2H6.Al/c1-14-4-2-3-8-9(14)5-7(6-13-8)10(11)12;1-2;/h5,10H,2-4H2,1H3;1-2H3;. The van der Waals surface area contributed by atoms with E-state index >= 15 is 0 Å². The van der Waals surface area contributed by atoms with Crippen LogP contribution in [0, 0.1) is 0 Å². The summed E-state index contributed by atoms with van der Waals surface area (Å²) in [6.07, 6.45) is -0.537. The van der Waals surface area contributed by atoms with Crippen LogP contribution in [0.3, 0.4) is 0 Å². The molecular formula is C12H17AlF2N2. The quantitative estimate of drug-likeness (QED) is 0.714. The lowest BCUT2D eigenvalue weighted by atomic mass is 10.1. The zero-order chi connectivity index (χ0) is 13.0. The number of alkyl halides is 2. The Labute approximate surface area is 109 Å². The second-order valence-corrected chi connectivity index (χ2v) is 4.30. The first kappa shape index (κ1) is 14.4. The molecule has 0 N–H and O–H groups in total. The average Bonchev–Trinajstić information content (AvgIpc) is 2.31. The van der Waals surface area contributed by atoms with Crippen LogP contribution < -0.4 is 9.46 Å². The minimum atomic E-state index is -2.45. The molecule has 1 aliphatic heterocycles. The van der Waals surface area contributed by atoms with E-state index in [1.165, 1.54) is 0 Å². The molecule has 0 aromatic carbocycles. The third-order valence-corrected chi connectivity index (χ3v) is 3.15. The molecule has 1 aromatic heterocycles. The van der Waals surface area contributed by atoms with Gasteiger partial charge < -0.3 is 4.90 Å². The molecule has 0 aliphatic carbocycles. The van der Waals surface area contributed by atoms with Crippen molar-refractivity contribution in [3.05, 3.63) is 17.3 Å². The first-order valence-corrected chi connectivity index (χ1v) is 6.46. The summed E-state index contributed by atoms with van der Waals surface area (Å²) >= 11 is 2.29. The van der Waals surface area contributed by atoms with Gasteiger partial charge in [0.05, 0.1) is 11.4 Å². The van der Waals surface area contributed by atoms with E-state index in [2.05, 4.69) is 21.3 Å². The van der Waals surface area contributed by atoms with Gasteiger partial charge in [-0.1, -0.05) is 18.4 Å². The predicted octanol–water partition coefficient (Wildman–Crippen LogP) is 2.22. The lowest BCUT2D eigenvalue weighted by Crippen LogP contribution is -2.29. The normalized spacial score (nSPS) is 14.1. The predicted molar refractivity (Wildman–Crippen MR) is 67.5 cm³/mol. The third kappa shape index (κ3) is 3.17. The molecule has 2 nitrogen and oxygen atoms in total. The number of halogens is 2. The number of fused-ring (bicyclic) bond motifs is 1. The number of hydrogen-bond acceptors (Lipinski definition) is 2. The van der Waals surface area contributed by atoms with E-state index in [1.807, 2.05) is 25.8 Å². The molecule has 0 amide bonds. The highest BCUT2D eigenvalue weighted by atomic mass is 27.0. The number of rotatable bonds is 1. The van der Waals surface area contributed by atoms with Gasteiger partial charge in [-0.3, -0.25) is 4.98 Å². The fourth-order valence-electron chi connectivity index (χ4n) is 1.87. The molecule has 92 valence electrons. The Kier molecular flexibility index (Phi) is 5.36. The van der Waals surface area contributed by atoms with Crippen LogP contribution in [-0.2, 0) is 6.42 Å². The van der Waals surface area contributed by atoms with Crippen LogP contribution in [0.4, 0.5) is 14.5 Å². The Morgan fingerprint density at radius 2 is 2.06 bits per heavy atom. The maximum atomic E-state index is 12.7. The molecule has 0 unspecified atom stereocenters. The van der Waals surface area contributed by atoms with E-state index < -0.39 is 6.43 Å². The van der Waals surface area contributed by atoms with Crippen molar-refractivity contribution in [1.82, 2.24) is 4.98 Å². The molecule has 1 aromatic rings. The van der Waals surface area contributed by atoms with Crippen LogP contribution >= 0.6 is 0 Å². The van der Waals surface area contributed by atoms with Crippen molar-refractivity contribution >= 4 is 26.5 Å². The summed E-state index contributed by atoms with van der Waals surface area (Å²) in [5.74, 6) is 0. The summed E-state index contributed by atoms with van der Waals surface area (Å²) < 4.78 is 25.7. The third-order valence-electron chi connectivity index (χ3n) is 2.69. The van der Waals surface area contributed by atoms with Crippen LogP contribution in [0.15, 0.2) is 6.07 Å². The van der Waals surface area contributed by atoms with Crippen LogP contribution in [0.25, 0.3) is 0 Å². The van der Waals surface area contributed by atoms with E-state index in [4.69, 9.17) is 0 Å². The van der Waals surface area contributed by atoms with Crippen molar-refractivity contribution in [3.63, 3.8) is 0 Å². The summed E-state index contributed by atoms with van der Waals surface area (Å²) in [4.78, 5) is 6.21. The molecule has 0 fully saturated rings. The zero-order valence-electron chi connectivity index (χ0n) is 10.5. The number of aromatic nitrogens is 1. The number of anilines is 1. The van der Waals surface area contributed by atoms with Gasteiger partial charge in [-0.05, 0) is 18.9 Å². The second-order valence-electron chi connectivity index (χ2n) is 3.75. The molecule has 5 heteroatoms. The maximum absolute atomic E-state index is 12.7. The van der Waals surface area contributed by atoms with Crippen molar-refractivity contribution in [2.24, 2.45) is 0 Å². The molecule has 2 radical (unpaired) electrons.